The van der Waals surface area contributed by atoms with Crippen LogP contribution in [0.4, 0.5) is 0 Å². The minimum atomic E-state index is 0.399. The van der Waals surface area contributed by atoms with Crippen LogP contribution in [0.5, 0.6) is 0 Å². The Bertz CT molecular complexity index is 345. The second-order valence-corrected chi connectivity index (χ2v) is 6.03. The third-order valence-electron chi connectivity index (χ3n) is 4.17. The van der Waals surface area contributed by atoms with Crippen molar-refractivity contribution in [2.24, 2.45) is 0 Å². The van der Waals surface area contributed by atoms with Crippen LogP contribution >= 0.6 is 0 Å². The van der Waals surface area contributed by atoms with Crippen LogP contribution in [0.3, 0.4) is 0 Å². The molecule has 0 fully saturated rings. The number of aryl methyl sites for hydroxylation is 1. The molecule has 0 bridgehead atoms. The normalized spacial score (nSPS) is 12.7. The highest BCUT2D eigenvalue weighted by Crippen LogP contribution is 2.23. The van der Waals surface area contributed by atoms with E-state index >= 15 is 0 Å². The molecule has 0 saturated heterocycles. The first-order chi connectivity index (χ1) is 10.3. The van der Waals surface area contributed by atoms with Gasteiger partial charge in [0.1, 0.15) is 11.5 Å². The van der Waals surface area contributed by atoms with E-state index in [1.165, 1.54) is 57.8 Å². The lowest BCUT2D eigenvalue weighted by Crippen LogP contribution is -2.20. The molecule has 0 saturated carbocycles. The number of hydrogen-bond donors (Lipinski definition) is 1. The topological polar surface area (TPSA) is 25.2 Å². The van der Waals surface area contributed by atoms with Crippen LogP contribution in [0.15, 0.2) is 16.5 Å². The molecule has 2 nitrogen and oxygen atoms in total. The Kier molecular flexibility index (Phi) is 10.3. The lowest BCUT2D eigenvalue weighted by Gasteiger charge is -2.15. The van der Waals surface area contributed by atoms with Gasteiger partial charge in [0.25, 0.3) is 0 Å². The molecule has 0 aliphatic carbocycles. The van der Waals surface area contributed by atoms with Crippen molar-refractivity contribution in [3.63, 3.8) is 0 Å². The molecule has 0 radical (unpaired) electrons. The average Bonchev–Trinajstić information content (AvgIpc) is 2.97. The number of unbranched alkanes of at least 4 members (excludes halogenated alkanes) is 7. The molecule has 0 aliphatic rings. The van der Waals surface area contributed by atoms with E-state index in [0.29, 0.717) is 6.04 Å². The third kappa shape index (κ3) is 7.71. The Balaban J connectivity index is 2.19. The Labute approximate surface area is 131 Å². The van der Waals surface area contributed by atoms with E-state index in [-0.39, 0.29) is 0 Å². The van der Waals surface area contributed by atoms with Gasteiger partial charge < -0.3 is 9.73 Å². The average molecular weight is 293 g/mol. The molecule has 1 N–H and O–H groups in total. The van der Waals surface area contributed by atoms with Crippen LogP contribution in [-0.2, 0) is 6.42 Å². The Hall–Kier alpha value is -0.760. The predicted molar refractivity (Wildman–Crippen MR) is 91.7 cm³/mol. The largest absolute Gasteiger partial charge is 0.464 e. The Morgan fingerprint density at radius 1 is 0.905 bits per heavy atom. The summed E-state index contributed by atoms with van der Waals surface area (Å²) in [7, 11) is 0. The maximum Gasteiger partial charge on any atom is 0.121 e. The van der Waals surface area contributed by atoms with Crippen LogP contribution < -0.4 is 5.32 Å². The minimum Gasteiger partial charge on any atom is -0.464 e. The van der Waals surface area contributed by atoms with Gasteiger partial charge in [-0.05, 0) is 25.1 Å². The van der Waals surface area contributed by atoms with Gasteiger partial charge in [-0.3, -0.25) is 0 Å². The van der Waals surface area contributed by atoms with Gasteiger partial charge in [-0.15, -0.1) is 0 Å². The van der Waals surface area contributed by atoms with Crippen molar-refractivity contribution < 1.29 is 4.42 Å². The molecule has 0 aliphatic heterocycles. The van der Waals surface area contributed by atoms with Crippen molar-refractivity contribution >= 4 is 0 Å². The summed E-state index contributed by atoms with van der Waals surface area (Å²) in [5.41, 5.74) is 0. The summed E-state index contributed by atoms with van der Waals surface area (Å²) in [4.78, 5) is 0. The van der Waals surface area contributed by atoms with Crippen molar-refractivity contribution in [1.29, 1.82) is 0 Å². The first-order valence-corrected chi connectivity index (χ1v) is 9.13. The molecule has 0 spiro atoms. The first-order valence-electron chi connectivity index (χ1n) is 9.13. The molecule has 1 heterocycles. The van der Waals surface area contributed by atoms with Crippen LogP contribution in [-0.4, -0.2) is 6.54 Å². The zero-order chi connectivity index (χ0) is 15.3. The zero-order valence-electron chi connectivity index (χ0n) is 14.4. The fourth-order valence-electron chi connectivity index (χ4n) is 2.85. The molecule has 1 aromatic heterocycles. The molecule has 1 aromatic rings. The van der Waals surface area contributed by atoms with Gasteiger partial charge in [-0.1, -0.05) is 72.1 Å². The van der Waals surface area contributed by atoms with E-state index in [1.807, 2.05) is 0 Å². The first kappa shape index (κ1) is 18.3. The molecule has 1 rings (SSSR count). The molecular weight excluding hydrogens is 258 g/mol. The van der Waals surface area contributed by atoms with E-state index < -0.39 is 0 Å². The highest BCUT2D eigenvalue weighted by atomic mass is 16.3. The smallest absolute Gasteiger partial charge is 0.121 e. The molecule has 21 heavy (non-hydrogen) atoms. The molecule has 122 valence electrons. The van der Waals surface area contributed by atoms with Gasteiger partial charge in [0, 0.05) is 6.42 Å². The fraction of sp³-hybridized carbons (Fsp3) is 0.789. The second kappa shape index (κ2) is 11.9. The monoisotopic (exact) mass is 293 g/mol. The van der Waals surface area contributed by atoms with Crippen molar-refractivity contribution in [3.8, 4) is 0 Å². The SMILES string of the molecule is CCCCCCCCCCC(NCC)c1ccc(CC)o1. The summed E-state index contributed by atoms with van der Waals surface area (Å²) in [6, 6.07) is 4.67. The van der Waals surface area contributed by atoms with Crippen LogP contribution in [0.2, 0.25) is 0 Å². The van der Waals surface area contributed by atoms with E-state index in [0.717, 1.165) is 24.5 Å². The van der Waals surface area contributed by atoms with Crippen molar-refractivity contribution in [1.82, 2.24) is 5.32 Å². The van der Waals surface area contributed by atoms with E-state index in [2.05, 4.69) is 38.2 Å². The summed E-state index contributed by atoms with van der Waals surface area (Å²) < 4.78 is 5.91. The fourth-order valence-corrected chi connectivity index (χ4v) is 2.85. The van der Waals surface area contributed by atoms with Crippen LogP contribution in [0.25, 0.3) is 0 Å². The van der Waals surface area contributed by atoms with Gasteiger partial charge >= 0.3 is 0 Å². The Morgan fingerprint density at radius 2 is 1.57 bits per heavy atom. The molecule has 2 heteroatoms. The van der Waals surface area contributed by atoms with Crippen LogP contribution in [0, 0.1) is 0 Å². The highest BCUT2D eigenvalue weighted by molar-refractivity contribution is 5.10. The molecule has 0 aromatic carbocycles. The summed E-state index contributed by atoms with van der Waals surface area (Å²) in [5, 5.41) is 3.56. The van der Waals surface area contributed by atoms with Gasteiger partial charge in [-0.25, -0.2) is 0 Å². The minimum absolute atomic E-state index is 0.399. The predicted octanol–water partition coefficient (Wildman–Crippen LogP) is 6.02. The van der Waals surface area contributed by atoms with E-state index in [4.69, 9.17) is 4.42 Å². The van der Waals surface area contributed by atoms with Gasteiger partial charge in [0.15, 0.2) is 0 Å². The second-order valence-electron chi connectivity index (χ2n) is 6.03. The van der Waals surface area contributed by atoms with Gasteiger partial charge in [0.05, 0.1) is 6.04 Å². The number of nitrogens with one attached hydrogen (secondary N) is 1. The lowest BCUT2D eigenvalue weighted by molar-refractivity contribution is 0.374. The standard InChI is InChI=1S/C19H35NO/c1-4-7-8-9-10-11-12-13-14-18(20-6-3)19-16-15-17(5-2)21-19/h15-16,18,20H,4-14H2,1-3H3. The number of hydrogen-bond acceptors (Lipinski definition) is 2. The summed E-state index contributed by atoms with van der Waals surface area (Å²) in [6.07, 6.45) is 13.2. The highest BCUT2D eigenvalue weighted by Gasteiger charge is 2.13. The van der Waals surface area contributed by atoms with Gasteiger partial charge in [0.2, 0.25) is 0 Å². The molecule has 1 unspecified atom stereocenters. The number of rotatable bonds is 13. The summed E-state index contributed by atoms with van der Waals surface area (Å²) in [5.74, 6) is 2.22. The Morgan fingerprint density at radius 3 is 2.14 bits per heavy atom. The van der Waals surface area contributed by atoms with Crippen molar-refractivity contribution in [2.75, 3.05) is 6.54 Å². The quantitative estimate of drug-likeness (QED) is 0.450. The maximum atomic E-state index is 5.91. The zero-order valence-corrected chi connectivity index (χ0v) is 14.4. The van der Waals surface area contributed by atoms with E-state index in [9.17, 15) is 0 Å². The molecule has 1 atom stereocenters. The molecular formula is C19H35NO. The van der Waals surface area contributed by atoms with Crippen molar-refractivity contribution in [3.05, 3.63) is 23.7 Å². The maximum absolute atomic E-state index is 5.91. The number of furan rings is 1. The third-order valence-corrected chi connectivity index (χ3v) is 4.17. The summed E-state index contributed by atoms with van der Waals surface area (Å²) in [6.45, 7) is 7.59. The lowest BCUT2D eigenvalue weighted by atomic mass is 10.0. The summed E-state index contributed by atoms with van der Waals surface area (Å²) >= 11 is 0. The van der Waals surface area contributed by atoms with Crippen molar-refractivity contribution in [2.45, 2.75) is 91.0 Å². The molecule has 0 amide bonds. The van der Waals surface area contributed by atoms with Gasteiger partial charge in [-0.2, -0.15) is 0 Å². The van der Waals surface area contributed by atoms with E-state index in [1.54, 1.807) is 0 Å². The van der Waals surface area contributed by atoms with Crippen LogP contribution in [0.1, 0.15) is 96.1 Å².